The van der Waals surface area contributed by atoms with E-state index in [9.17, 15) is 4.79 Å². The van der Waals surface area contributed by atoms with Gasteiger partial charge in [-0.3, -0.25) is 9.36 Å². The molecule has 0 radical (unpaired) electrons. The van der Waals surface area contributed by atoms with Gasteiger partial charge in [-0.2, -0.15) is 0 Å². The van der Waals surface area contributed by atoms with Crippen molar-refractivity contribution in [3.8, 4) is 16.3 Å². The van der Waals surface area contributed by atoms with Crippen molar-refractivity contribution in [3.05, 3.63) is 84.7 Å². The van der Waals surface area contributed by atoms with Gasteiger partial charge < -0.3 is 5.32 Å². The smallest absolute Gasteiger partial charge is 0.234 e. The van der Waals surface area contributed by atoms with Crippen LogP contribution in [0.2, 0.25) is 0 Å². The Hall–Kier alpha value is -3.49. The lowest BCUT2D eigenvalue weighted by Gasteiger charge is -2.07. The van der Waals surface area contributed by atoms with Crippen molar-refractivity contribution in [3.63, 3.8) is 0 Å². The van der Waals surface area contributed by atoms with Crippen LogP contribution in [0.4, 0.5) is 5.69 Å². The zero-order chi connectivity index (χ0) is 21.9. The summed E-state index contributed by atoms with van der Waals surface area (Å²) in [7, 11) is 0. The van der Waals surface area contributed by atoms with Crippen molar-refractivity contribution in [2.24, 2.45) is 0 Å². The van der Waals surface area contributed by atoms with E-state index in [1.165, 1.54) is 22.0 Å². The first-order chi connectivity index (χ1) is 15.7. The van der Waals surface area contributed by atoms with Gasteiger partial charge in [-0.15, -0.1) is 21.5 Å². The number of anilines is 1. The van der Waals surface area contributed by atoms with Gasteiger partial charge in [0.15, 0.2) is 5.16 Å². The summed E-state index contributed by atoms with van der Waals surface area (Å²) in [5.41, 5.74) is 4.98. The number of para-hydroxylation sites is 1. The average molecular weight is 458 g/mol. The van der Waals surface area contributed by atoms with Crippen LogP contribution in [0.25, 0.3) is 26.5 Å². The van der Waals surface area contributed by atoms with Crippen LogP contribution in [0.15, 0.2) is 84.3 Å². The highest BCUT2D eigenvalue weighted by molar-refractivity contribution is 7.99. The molecule has 0 aliphatic rings. The first kappa shape index (κ1) is 20.4. The molecule has 0 atom stereocenters. The van der Waals surface area contributed by atoms with E-state index in [1.54, 1.807) is 17.7 Å². The minimum atomic E-state index is -0.0965. The van der Waals surface area contributed by atoms with Gasteiger partial charge >= 0.3 is 0 Å². The minimum absolute atomic E-state index is 0.0965. The number of thioether (sulfide) groups is 1. The van der Waals surface area contributed by atoms with Gasteiger partial charge in [-0.1, -0.05) is 36.0 Å². The molecule has 0 aliphatic carbocycles. The topological polar surface area (TPSA) is 72.7 Å². The molecular formula is C24H19N5OS2. The lowest BCUT2D eigenvalue weighted by atomic mass is 10.2. The molecule has 5 rings (SSSR count). The van der Waals surface area contributed by atoms with E-state index >= 15 is 0 Å². The summed E-state index contributed by atoms with van der Waals surface area (Å²) in [5, 5.41) is 12.7. The van der Waals surface area contributed by atoms with Crippen molar-refractivity contribution in [2.75, 3.05) is 11.1 Å². The molecule has 0 unspecified atom stereocenters. The predicted molar refractivity (Wildman–Crippen MR) is 131 cm³/mol. The van der Waals surface area contributed by atoms with E-state index in [-0.39, 0.29) is 11.7 Å². The fraction of sp³-hybridized carbons (Fsp3) is 0.0833. The normalized spacial score (nSPS) is 11.0. The predicted octanol–water partition coefficient (Wildman–Crippen LogP) is 5.58. The van der Waals surface area contributed by atoms with Gasteiger partial charge in [0, 0.05) is 16.9 Å². The number of amides is 1. The van der Waals surface area contributed by atoms with Gasteiger partial charge in [0.2, 0.25) is 5.91 Å². The highest BCUT2D eigenvalue weighted by Crippen LogP contribution is 2.31. The van der Waals surface area contributed by atoms with Gasteiger partial charge in [0.1, 0.15) is 11.3 Å². The fourth-order valence-corrected chi connectivity index (χ4v) is 5.07. The number of nitrogens with one attached hydrogen (secondary N) is 1. The number of hydrogen-bond donors (Lipinski definition) is 1. The minimum Gasteiger partial charge on any atom is -0.325 e. The lowest BCUT2D eigenvalue weighted by molar-refractivity contribution is -0.113. The number of aromatic nitrogens is 4. The van der Waals surface area contributed by atoms with Gasteiger partial charge in [-0.25, -0.2) is 4.98 Å². The highest BCUT2D eigenvalue weighted by atomic mass is 32.2. The second-order valence-corrected chi connectivity index (χ2v) is 9.20. The van der Waals surface area contributed by atoms with E-state index in [0.29, 0.717) is 5.16 Å². The molecule has 6 nitrogen and oxygen atoms in total. The number of fused-ring (bicyclic) bond motifs is 1. The first-order valence-corrected chi connectivity index (χ1v) is 11.8. The molecule has 1 amide bonds. The summed E-state index contributed by atoms with van der Waals surface area (Å²) in [6.45, 7) is 2.08. The van der Waals surface area contributed by atoms with Crippen LogP contribution in [-0.4, -0.2) is 31.4 Å². The lowest BCUT2D eigenvalue weighted by Crippen LogP contribution is -2.14. The molecule has 0 saturated heterocycles. The number of thiazole rings is 1. The number of nitrogens with zero attached hydrogens (tertiary/aromatic N) is 4. The molecular weight excluding hydrogens is 438 g/mol. The standard InChI is InChI=1S/C24H19N5OS2/c1-16-7-12-20-21(13-16)32-23(27-20)17-8-10-18(11-9-17)26-22(30)14-31-24-28-25-15-29(24)19-5-3-2-4-6-19/h2-13,15H,14H2,1H3,(H,26,30). The zero-order valence-corrected chi connectivity index (χ0v) is 18.9. The van der Waals surface area contributed by atoms with Crippen LogP contribution in [-0.2, 0) is 4.79 Å². The van der Waals surface area contributed by atoms with E-state index in [2.05, 4.69) is 40.6 Å². The van der Waals surface area contributed by atoms with Crippen molar-refractivity contribution in [1.82, 2.24) is 19.7 Å². The number of benzene rings is 3. The van der Waals surface area contributed by atoms with E-state index in [0.717, 1.165) is 27.5 Å². The molecule has 158 valence electrons. The fourth-order valence-electron chi connectivity index (χ4n) is 3.27. The van der Waals surface area contributed by atoms with Crippen LogP contribution in [0, 0.1) is 6.92 Å². The third-order valence-electron chi connectivity index (χ3n) is 4.84. The molecule has 32 heavy (non-hydrogen) atoms. The average Bonchev–Trinajstić information content (AvgIpc) is 3.45. The Morgan fingerprint density at radius 3 is 2.69 bits per heavy atom. The van der Waals surface area contributed by atoms with E-state index < -0.39 is 0 Å². The van der Waals surface area contributed by atoms with Crippen LogP contribution in [0.1, 0.15) is 5.56 Å². The van der Waals surface area contributed by atoms with Gasteiger partial charge in [0.05, 0.1) is 16.0 Å². The maximum atomic E-state index is 12.5. The molecule has 2 heterocycles. The van der Waals surface area contributed by atoms with Crippen LogP contribution >= 0.6 is 23.1 Å². The molecule has 0 aliphatic heterocycles. The van der Waals surface area contributed by atoms with E-state index in [4.69, 9.17) is 4.98 Å². The summed E-state index contributed by atoms with van der Waals surface area (Å²) in [5.74, 6) is 0.144. The summed E-state index contributed by atoms with van der Waals surface area (Å²) in [4.78, 5) is 17.2. The van der Waals surface area contributed by atoms with Gasteiger partial charge in [-0.05, 0) is 61.0 Å². The molecule has 2 aromatic heterocycles. The van der Waals surface area contributed by atoms with Crippen molar-refractivity contribution in [1.29, 1.82) is 0 Å². The first-order valence-electron chi connectivity index (χ1n) is 10.0. The molecule has 0 saturated carbocycles. The molecule has 8 heteroatoms. The van der Waals surface area contributed by atoms with Crippen LogP contribution < -0.4 is 5.32 Å². The maximum absolute atomic E-state index is 12.5. The molecule has 0 bridgehead atoms. The van der Waals surface area contributed by atoms with E-state index in [1.807, 2.05) is 59.2 Å². The molecule has 0 spiro atoms. The summed E-state index contributed by atoms with van der Waals surface area (Å²) in [6, 6.07) is 23.9. The quantitative estimate of drug-likeness (QED) is 0.337. The Balaban J connectivity index is 1.22. The molecule has 5 aromatic rings. The van der Waals surface area contributed by atoms with Crippen molar-refractivity contribution in [2.45, 2.75) is 12.1 Å². The largest absolute Gasteiger partial charge is 0.325 e. The molecule has 0 fully saturated rings. The Labute approximate surface area is 193 Å². The van der Waals surface area contributed by atoms with Gasteiger partial charge in [0.25, 0.3) is 0 Å². The number of rotatable bonds is 6. The molecule has 1 N–H and O–H groups in total. The summed E-state index contributed by atoms with van der Waals surface area (Å²) < 4.78 is 3.05. The number of carbonyl (C=O) groups is 1. The van der Waals surface area contributed by atoms with Crippen molar-refractivity contribution >= 4 is 44.9 Å². The SMILES string of the molecule is Cc1ccc2nc(-c3ccc(NC(=O)CSc4nncn4-c4ccccc4)cc3)sc2c1. The Bertz CT molecular complexity index is 1380. The Kier molecular flexibility index (Phi) is 5.70. The number of hydrogen-bond acceptors (Lipinski definition) is 6. The second kappa shape index (κ2) is 8.94. The highest BCUT2D eigenvalue weighted by Gasteiger charge is 2.11. The molecule has 3 aromatic carbocycles. The number of aryl methyl sites for hydroxylation is 1. The summed E-state index contributed by atoms with van der Waals surface area (Å²) in [6.07, 6.45) is 1.65. The Morgan fingerprint density at radius 2 is 1.88 bits per heavy atom. The van der Waals surface area contributed by atoms with Crippen molar-refractivity contribution < 1.29 is 4.79 Å². The monoisotopic (exact) mass is 457 g/mol. The maximum Gasteiger partial charge on any atom is 0.234 e. The second-order valence-electron chi connectivity index (χ2n) is 7.22. The number of carbonyl (C=O) groups excluding carboxylic acids is 1. The third kappa shape index (κ3) is 4.42. The third-order valence-corrected chi connectivity index (χ3v) is 6.85. The Morgan fingerprint density at radius 1 is 1.06 bits per heavy atom. The summed E-state index contributed by atoms with van der Waals surface area (Å²) >= 11 is 3.02. The van der Waals surface area contributed by atoms with Crippen LogP contribution in [0.5, 0.6) is 0 Å². The van der Waals surface area contributed by atoms with Crippen LogP contribution in [0.3, 0.4) is 0 Å². The zero-order valence-electron chi connectivity index (χ0n) is 17.2.